The van der Waals surface area contributed by atoms with Crippen LogP contribution in [0, 0.1) is 19.3 Å². The lowest BCUT2D eigenvalue weighted by Crippen LogP contribution is -2.47. The molecule has 13 nitrogen and oxygen atoms in total. The maximum Gasteiger partial charge on any atom is 0.248 e. The number of nitrogens with one attached hydrogen (secondary N) is 1. The molecule has 4 heterocycles. The number of fused-ring (bicyclic) bond motifs is 2. The van der Waals surface area contributed by atoms with Crippen LogP contribution in [0.5, 0.6) is 0 Å². The van der Waals surface area contributed by atoms with Crippen molar-refractivity contribution >= 4 is 50.2 Å². The molecule has 1 saturated carbocycles. The molecule has 2 aliphatic rings. The topological polar surface area (TPSA) is 162 Å². The molecule has 6 rings (SSSR count). The number of nitrogens with zero attached hydrogens (tertiary/aromatic N) is 6. The minimum Gasteiger partial charge on any atom is -0.388 e. The molecule has 2 amide bonds. The highest BCUT2D eigenvalue weighted by atomic mass is 79.9. The molecule has 14 heteroatoms. The second-order valence-corrected chi connectivity index (χ2v) is 13.0. The quantitative estimate of drug-likeness (QED) is 0.127. The molecule has 2 N–H and O–H groups in total. The van der Waals surface area contributed by atoms with Gasteiger partial charge in [0.1, 0.15) is 35.3 Å². The number of aliphatic hydroxyl groups is 1. The van der Waals surface area contributed by atoms with Gasteiger partial charge in [-0.2, -0.15) is 5.10 Å². The van der Waals surface area contributed by atoms with Crippen LogP contribution in [-0.2, 0) is 32.2 Å². The van der Waals surface area contributed by atoms with Crippen molar-refractivity contribution in [1.29, 1.82) is 0 Å². The van der Waals surface area contributed by atoms with E-state index in [1.165, 1.54) is 6.92 Å². The van der Waals surface area contributed by atoms with Gasteiger partial charge in [-0.15, -0.1) is 0 Å². The molecule has 1 aliphatic carbocycles. The van der Waals surface area contributed by atoms with E-state index in [0.29, 0.717) is 59.0 Å². The van der Waals surface area contributed by atoms with Gasteiger partial charge in [0, 0.05) is 48.8 Å². The standard InChI is InChI=1S/C33H36BrN7O6/c1-18-5-6-26(34)37-31(18)38-32(45)24-11-33(17-47-8-7-46-4)12-25(33)41(24)28(44)15-40-30-19(2)9-21(10-23(30)29(39-40)20(3)43)22-13-35-27(16-42)36-14-22/h5-6,9-10,13-14,24-25,42H,7-8,11-12,15-17H2,1-4H3,(H,37,38,45)/t24-,25+,33-/m0/s1. The van der Waals surface area contributed by atoms with E-state index in [9.17, 15) is 19.5 Å². The number of carbonyl (C=O) groups excluding carboxylic acids is 3. The third-order valence-corrected chi connectivity index (χ3v) is 9.41. The highest BCUT2D eigenvalue weighted by molar-refractivity contribution is 9.10. The second kappa shape index (κ2) is 13.2. The van der Waals surface area contributed by atoms with Crippen LogP contribution in [-0.4, -0.2) is 91.4 Å². The number of rotatable bonds is 12. The molecule has 2 fully saturated rings. The zero-order chi connectivity index (χ0) is 33.5. The summed E-state index contributed by atoms with van der Waals surface area (Å²) in [6.07, 6.45) is 4.41. The number of anilines is 1. The first-order chi connectivity index (χ1) is 22.5. The van der Waals surface area contributed by atoms with E-state index in [1.54, 1.807) is 35.2 Å². The zero-order valence-corrected chi connectivity index (χ0v) is 28.2. The summed E-state index contributed by atoms with van der Waals surface area (Å²) < 4.78 is 13.2. The molecule has 3 aromatic heterocycles. The van der Waals surface area contributed by atoms with Gasteiger partial charge in [0.15, 0.2) is 11.6 Å². The average Bonchev–Trinajstić information content (AvgIpc) is 3.45. The number of pyridine rings is 1. The minimum atomic E-state index is -0.740. The number of carbonyl (C=O) groups is 3. The van der Waals surface area contributed by atoms with Gasteiger partial charge in [-0.1, -0.05) is 6.07 Å². The van der Waals surface area contributed by atoms with Crippen LogP contribution in [0.3, 0.4) is 0 Å². The van der Waals surface area contributed by atoms with Gasteiger partial charge >= 0.3 is 0 Å². The molecular formula is C33H36BrN7O6. The Kier molecular flexibility index (Phi) is 9.20. The number of aliphatic hydroxyl groups excluding tert-OH is 1. The Labute approximate surface area is 279 Å². The number of aryl methyl sites for hydroxylation is 2. The van der Waals surface area contributed by atoms with Gasteiger partial charge in [-0.25, -0.2) is 15.0 Å². The molecule has 0 radical (unpaired) electrons. The Bertz CT molecular complexity index is 1860. The number of piperidine rings is 1. The first-order valence-electron chi connectivity index (χ1n) is 15.3. The number of likely N-dealkylation sites (tertiary alicyclic amines) is 1. The fourth-order valence-corrected chi connectivity index (χ4v) is 6.84. The van der Waals surface area contributed by atoms with Crippen molar-refractivity contribution in [3.05, 3.63) is 63.9 Å². The number of methoxy groups -OCH3 is 1. The number of hydrogen-bond acceptors (Lipinski definition) is 10. The van der Waals surface area contributed by atoms with E-state index in [2.05, 4.69) is 41.3 Å². The van der Waals surface area contributed by atoms with Crippen LogP contribution >= 0.6 is 15.9 Å². The van der Waals surface area contributed by atoms with E-state index in [4.69, 9.17) is 9.47 Å². The number of ether oxygens (including phenoxy) is 2. The van der Waals surface area contributed by atoms with Gasteiger partial charge in [0.2, 0.25) is 11.8 Å². The van der Waals surface area contributed by atoms with E-state index in [-0.39, 0.29) is 47.9 Å². The molecule has 246 valence electrons. The van der Waals surface area contributed by atoms with Gasteiger partial charge < -0.3 is 24.8 Å². The summed E-state index contributed by atoms with van der Waals surface area (Å²) in [6, 6.07) is 6.51. The monoisotopic (exact) mass is 705 g/mol. The SMILES string of the molecule is COCCOC[C@@]12C[C@@H](C(=O)Nc3nc(Br)ccc3C)N(C(=O)Cn3nc(C(C)=O)c4cc(-c5cnc(CO)nc5)cc(C)c43)[C@@H]1C2. The molecule has 1 aliphatic heterocycles. The number of ketones is 1. The predicted molar refractivity (Wildman–Crippen MR) is 176 cm³/mol. The van der Waals surface area contributed by atoms with E-state index >= 15 is 0 Å². The van der Waals surface area contributed by atoms with Crippen LogP contribution in [0.1, 0.15) is 47.2 Å². The van der Waals surface area contributed by atoms with E-state index in [1.807, 2.05) is 32.0 Å². The number of benzene rings is 1. The van der Waals surface area contributed by atoms with Crippen LogP contribution < -0.4 is 5.32 Å². The van der Waals surface area contributed by atoms with E-state index in [0.717, 1.165) is 23.1 Å². The molecule has 3 atom stereocenters. The summed E-state index contributed by atoms with van der Waals surface area (Å²) in [6.45, 7) is 6.05. The van der Waals surface area contributed by atoms with Crippen molar-refractivity contribution in [2.45, 2.75) is 58.8 Å². The Morgan fingerprint density at radius 1 is 1.09 bits per heavy atom. The van der Waals surface area contributed by atoms with Crippen molar-refractivity contribution in [3.8, 4) is 11.1 Å². The van der Waals surface area contributed by atoms with Gasteiger partial charge in [-0.05, 0) is 77.5 Å². The van der Waals surface area contributed by atoms with Crippen molar-refractivity contribution < 1.29 is 29.0 Å². The van der Waals surface area contributed by atoms with Crippen LogP contribution in [0.4, 0.5) is 5.82 Å². The summed E-state index contributed by atoms with van der Waals surface area (Å²) in [4.78, 5) is 55.2. The first-order valence-corrected chi connectivity index (χ1v) is 16.1. The van der Waals surface area contributed by atoms with Crippen molar-refractivity contribution in [1.82, 2.24) is 29.6 Å². The van der Waals surface area contributed by atoms with Gasteiger partial charge in [0.05, 0.1) is 25.3 Å². The van der Waals surface area contributed by atoms with Gasteiger partial charge in [-0.3, -0.25) is 19.1 Å². The minimum absolute atomic E-state index is 0.159. The van der Waals surface area contributed by atoms with Crippen molar-refractivity contribution in [3.63, 3.8) is 0 Å². The maximum absolute atomic E-state index is 14.2. The predicted octanol–water partition coefficient (Wildman–Crippen LogP) is 3.62. The molecule has 47 heavy (non-hydrogen) atoms. The Morgan fingerprint density at radius 2 is 1.85 bits per heavy atom. The third-order valence-electron chi connectivity index (χ3n) is 8.97. The fourth-order valence-electron chi connectivity index (χ4n) is 6.53. The number of hydrogen-bond donors (Lipinski definition) is 2. The van der Waals surface area contributed by atoms with Crippen LogP contribution in [0.2, 0.25) is 0 Å². The van der Waals surface area contributed by atoms with E-state index < -0.39 is 6.04 Å². The maximum atomic E-state index is 14.2. The summed E-state index contributed by atoms with van der Waals surface area (Å²) >= 11 is 3.37. The third kappa shape index (κ3) is 6.42. The van der Waals surface area contributed by atoms with Crippen LogP contribution in [0.15, 0.2) is 41.3 Å². The number of aromatic nitrogens is 5. The van der Waals surface area contributed by atoms with Crippen molar-refractivity contribution in [2.75, 3.05) is 32.2 Å². The highest BCUT2D eigenvalue weighted by Gasteiger charge is 2.67. The molecule has 0 bridgehead atoms. The molecule has 1 aromatic carbocycles. The molecule has 0 unspecified atom stereocenters. The summed E-state index contributed by atoms with van der Waals surface area (Å²) in [5.41, 5.74) is 3.65. The number of amides is 2. The Balaban J connectivity index is 1.31. The lowest BCUT2D eigenvalue weighted by molar-refractivity contribution is -0.138. The normalized spacial score (nSPS) is 20.0. The Hall–Kier alpha value is -4.11. The largest absolute Gasteiger partial charge is 0.388 e. The van der Waals surface area contributed by atoms with Crippen LogP contribution in [0.25, 0.3) is 22.0 Å². The molecule has 0 spiro atoms. The second-order valence-electron chi connectivity index (χ2n) is 12.2. The molecular weight excluding hydrogens is 670 g/mol. The lowest BCUT2D eigenvalue weighted by atomic mass is 10.00. The molecule has 4 aromatic rings. The number of halogens is 1. The molecule has 1 saturated heterocycles. The smallest absolute Gasteiger partial charge is 0.248 e. The summed E-state index contributed by atoms with van der Waals surface area (Å²) in [5.74, 6) is -0.105. The lowest BCUT2D eigenvalue weighted by Gasteiger charge is -2.27. The zero-order valence-electron chi connectivity index (χ0n) is 26.6. The number of Topliss-reactive ketones (excluding diaryl/α,β-unsaturated/α-hetero) is 1. The summed E-state index contributed by atoms with van der Waals surface area (Å²) in [7, 11) is 1.61. The fraction of sp³-hybridized carbons (Fsp3) is 0.424. The average molecular weight is 707 g/mol. The highest BCUT2D eigenvalue weighted by Crippen LogP contribution is 2.60. The Morgan fingerprint density at radius 3 is 2.55 bits per heavy atom. The summed E-state index contributed by atoms with van der Waals surface area (Å²) in [5, 5.41) is 17.5. The first kappa shape index (κ1) is 32.8. The van der Waals surface area contributed by atoms with Gasteiger partial charge in [0.25, 0.3) is 0 Å². The van der Waals surface area contributed by atoms with Crippen molar-refractivity contribution in [2.24, 2.45) is 5.41 Å².